The zero-order valence-corrected chi connectivity index (χ0v) is 13.0. The van der Waals surface area contributed by atoms with E-state index < -0.39 is 8.41 Å². The fourth-order valence-electron chi connectivity index (χ4n) is 3.85. The summed E-state index contributed by atoms with van der Waals surface area (Å²) in [7, 11) is -2.75. The predicted octanol–water partition coefficient (Wildman–Crippen LogP) is 5.84. The van der Waals surface area contributed by atoms with Gasteiger partial charge in [-0.25, -0.2) is 0 Å². The van der Waals surface area contributed by atoms with Gasteiger partial charge in [0.2, 0.25) is 0 Å². The first-order chi connectivity index (χ1) is 7.11. The van der Waals surface area contributed by atoms with E-state index in [-0.39, 0.29) is 10.1 Å². The molecule has 0 aromatic rings. The first kappa shape index (κ1) is 14.2. The van der Waals surface area contributed by atoms with Gasteiger partial charge in [0.15, 0.2) is 0 Å². The lowest BCUT2D eigenvalue weighted by Gasteiger charge is -2.50. The molecule has 0 aliphatic heterocycles. The summed E-state index contributed by atoms with van der Waals surface area (Å²) in [6.07, 6.45) is 6.08. The number of hydrogen-bond acceptors (Lipinski definition) is 0. The van der Waals surface area contributed by atoms with Gasteiger partial charge in [-0.15, -0.1) is 0 Å². The summed E-state index contributed by atoms with van der Waals surface area (Å²) in [5.74, 6) is 0. The van der Waals surface area contributed by atoms with Crippen LogP contribution in [0.2, 0.25) is 15.6 Å². The summed E-state index contributed by atoms with van der Waals surface area (Å²) in [5, 5.41) is -0.263. The third kappa shape index (κ3) is 2.37. The van der Waals surface area contributed by atoms with Crippen LogP contribution in [0.15, 0.2) is 0 Å². The highest BCUT2D eigenvalue weighted by Gasteiger charge is 2.59. The lowest BCUT2D eigenvalue weighted by atomic mass is 10.00. The van der Waals surface area contributed by atoms with Crippen LogP contribution in [0.3, 0.4) is 0 Å². The largest absolute Gasteiger partial charge is 0.312 e. The van der Waals surface area contributed by atoms with Gasteiger partial charge in [0.1, 0.15) is 0 Å². The van der Waals surface area contributed by atoms with Crippen molar-refractivity contribution in [3.63, 3.8) is 0 Å². The van der Waals surface area contributed by atoms with Gasteiger partial charge in [0.05, 0.1) is 0 Å². The second kappa shape index (κ2) is 4.43. The minimum absolute atomic E-state index is 0.132. The van der Waals surface area contributed by atoms with Gasteiger partial charge in [0, 0.05) is 0 Å². The average molecular weight is 243 g/mol. The van der Waals surface area contributed by atoms with E-state index in [2.05, 4.69) is 41.5 Å². The molecule has 0 aromatic heterocycles. The molecule has 0 amide bonds. The van der Waals surface area contributed by atoms with E-state index in [0.717, 1.165) is 12.8 Å². The van der Waals surface area contributed by atoms with Crippen LogP contribution in [0.5, 0.6) is 0 Å². The Morgan fingerprint density at radius 3 is 1.50 bits per heavy atom. The van der Waals surface area contributed by atoms with Crippen molar-refractivity contribution < 1.29 is 4.11 Å². The molecule has 1 aliphatic carbocycles. The molecule has 0 N–H and O–H groups in total. The minimum atomic E-state index is -2.75. The highest BCUT2D eigenvalue weighted by molar-refractivity contribution is 6.80. The maximum atomic E-state index is 15.8. The molecule has 1 fully saturated rings. The fraction of sp³-hybridized carbons (Fsp3) is 1.00. The van der Waals surface area contributed by atoms with Crippen molar-refractivity contribution in [1.29, 1.82) is 0 Å². The van der Waals surface area contributed by atoms with Crippen molar-refractivity contribution in [3.05, 3.63) is 0 Å². The topological polar surface area (TPSA) is 0 Å². The van der Waals surface area contributed by atoms with E-state index in [4.69, 9.17) is 0 Å². The quantitative estimate of drug-likeness (QED) is 0.401. The number of halogens is 1. The van der Waals surface area contributed by atoms with Crippen LogP contribution >= 0.6 is 0 Å². The molecule has 0 atom stereocenters. The van der Waals surface area contributed by atoms with Gasteiger partial charge >= 0.3 is 0 Å². The molecule has 1 saturated carbocycles. The number of rotatable bonds is 1. The van der Waals surface area contributed by atoms with Crippen molar-refractivity contribution in [2.75, 3.05) is 0 Å². The first-order valence-electron chi connectivity index (χ1n) is 6.79. The highest BCUT2D eigenvalue weighted by atomic mass is 28.4. The Kier molecular flexibility index (Phi) is 3.94. The fourth-order valence-corrected chi connectivity index (χ4v) is 9.75. The molecule has 1 aliphatic rings. The summed E-state index contributed by atoms with van der Waals surface area (Å²) in [5.41, 5.74) is 0.390. The summed E-state index contributed by atoms with van der Waals surface area (Å²) in [6.45, 7) is 12.7. The molecule has 2 heteroatoms. The van der Waals surface area contributed by atoms with Gasteiger partial charge in [-0.2, -0.15) is 0 Å². The molecule has 0 aromatic carbocycles. The molecule has 0 spiro atoms. The summed E-state index contributed by atoms with van der Waals surface area (Å²) in [6, 6.07) is 0. The van der Waals surface area contributed by atoms with Crippen molar-refractivity contribution in [1.82, 2.24) is 0 Å². The minimum Gasteiger partial charge on any atom is -0.312 e. The van der Waals surface area contributed by atoms with Gasteiger partial charge in [0.25, 0.3) is 8.41 Å². The lowest BCUT2D eigenvalue weighted by molar-refractivity contribution is 0.410. The predicted molar refractivity (Wildman–Crippen MR) is 73.1 cm³/mol. The van der Waals surface area contributed by atoms with Gasteiger partial charge < -0.3 is 4.11 Å². The Balaban J connectivity index is 3.04. The normalized spacial score (nSPS) is 21.2. The van der Waals surface area contributed by atoms with E-state index in [1.165, 1.54) is 19.3 Å². The standard InChI is InChI=1S/C14H29FSi/c1-13(2,3)16(15,14(4,5)6)12-10-8-7-9-11-12/h12H,7-11H2,1-6H3/i15-1. The van der Waals surface area contributed by atoms with Crippen LogP contribution in [-0.2, 0) is 0 Å². The Labute approximate surface area is 102 Å². The second-order valence-electron chi connectivity index (χ2n) is 7.55. The summed E-state index contributed by atoms with van der Waals surface area (Å²) in [4.78, 5) is 0. The monoisotopic (exact) mass is 243 g/mol. The van der Waals surface area contributed by atoms with Crippen molar-refractivity contribution in [2.24, 2.45) is 0 Å². The van der Waals surface area contributed by atoms with Crippen LogP contribution in [0.25, 0.3) is 0 Å². The third-order valence-electron chi connectivity index (χ3n) is 4.35. The molecule has 96 valence electrons. The molecule has 0 radical (unpaired) electrons. The molecular formula is C14H29FSi. The van der Waals surface area contributed by atoms with Crippen molar-refractivity contribution >= 4 is 8.41 Å². The van der Waals surface area contributed by atoms with Gasteiger partial charge in [-0.3, -0.25) is 0 Å². The maximum Gasteiger partial charge on any atom is 0.260 e. The molecule has 16 heavy (non-hydrogen) atoms. The molecule has 1 rings (SSSR count). The van der Waals surface area contributed by atoms with E-state index in [0.29, 0.717) is 5.54 Å². The van der Waals surface area contributed by atoms with Crippen LogP contribution in [0.4, 0.5) is 4.11 Å². The lowest BCUT2D eigenvalue weighted by Crippen LogP contribution is -2.52. The SMILES string of the molecule is CC(C)(C)[Si]([18F])(C1CCCCC1)C(C)(C)C. The molecular weight excluding hydrogens is 214 g/mol. The average Bonchev–Trinajstić information content (AvgIpc) is 2.14. The smallest absolute Gasteiger partial charge is 0.260 e. The Morgan fingerprint density at radius 1 is 0.812 bits per heavy atom. The molecule has 0 saturated heterocycles. The zero-order valence-electron chi connectivity index (χ0n) is 12.0. The highest BCUT2D eigenvalue weighted by Crippen LogP contribution is 2.60. The Bertz CT molecular complexity index is 214. The Hall–Kier alpha value is 0.147. The summed E-state index contributed by atoms with van der Waals surface area (Å²) < 4.78 is 15.8. The van der Waals surface area contributed by atoms with Crippen molar-refractivity contribution in [2.45, 2.75) is 89.3 Å². The molecule has 0 heterocycles. The molecule has 0 nitrogen and oxygen atoms in total. The van der Waals surface area contributed by atoms with Crippen LogP contribution in [0.1, 0.15) is 73.6 Å². The van der Waals surface area contributed by atoms with Gasteiger partial charge in [-0.05, 0) is 15.6 Å². The second-order valence-corrected chi connectivity index (χ2v) is 12.8. The summed E-state index contributed by atoms with van der Waals surface area (Å²) >= 11 is 0. The molecule has 0 bridgehead atoms. The van der Waals surface area contributed by atoms with Crippen LogP contribution in [0, 0.1) is 0 Å². The third-order valence-corrected chi connectivity index (χ3v) is 10.4. The van der Waals surface area contributed by atoms with Crippen LogP contribution in [-0.4, -0.2) is 8.41 Å². The molecule has 0 unspecified atom stereocenters. The van der Waals surface area contributed by atoms with E-state index >= 15 is 4.11 Å². The van der Waals surface area contributed by atoms with Crippen molar-refractivity contribution in [3.8, 4) is 0 Å². The maximum absolute atomic E-state index is 15.8. The van der Waals surface area contributed by atoms with E-state index in [1.54, 1.807) is 0 Å². The van der Waals surface area contributed by atoms with Crippen LogP contribution < -0.4 is 0 Å². The first-order valence-corrected chi connectivity index (χ1v) is 8.75. The van der Waals surface area contributed by atoms with E-state index in [1.807, 2.05) is 0 Å². The zero-order chi connectivity index (χ0) is 12.6. The van der Waals surface area contributed by atoms with Gasteiger partial charge in [-0.1, -0.05) is 73.6 Å². The van der Waals surface area contributed by atoms with E-state index in [9.17, 15) is 0 Å². The Morgan fingerprint density at radius 2 is 1.19 bits per heavy atom. The number of hydrogen-bond donors (Lipinski definition) is 0.